The molecule has 3 aromatic rings. The Hall–Kier alpha value is -4.57. The van der Waals surface area contributed by atoms with Gasteiger partial charge in [0, 0.05) is 52.9 Å². The van der Waals surface area contributed by atoms with E-state index in [9.17, 15) is 24.9 Å². The van der Waals surface area contributed by atoms with Crippen molar-refractivity contribution in [2.45, 2.75) is 89.3 Å². The molecule has 0 amide bonds. The molecule has 0 aromatic heterocycles. The smallest absolute Gasteiger partial charge is 0.507 e. The van der Waals surface area contributed by atoms with Gasteiger partial charge in [0.1, 0.15) is 12.4 Å². The molecule has 0 saturated carbocycles. The third-order valence-corrected chi connectivity index (χ3v) is 13.7. The molecule has 1 spiro atoms. The van der Waals surface area contributed by atoms with E-state index in [2.05, 4.69) is 35.2 Å². The van der Waals surface area contributed by atoms with E-state index in [1.54, 1.807) is 37.9 Å². The molecule has 2 bridgehead atoms. The number of ether oxygens (including phenoxy) is 6. The van der Waals surface area contributed by atoms with Crippen LogP contribution in [0.25, 0.3) is 0 Å². The number of methoxy groups -OCH3 is 2. The highest BCUT2D eigenvalue weighted by Gasteiger charge is 2.54. The van der Waals surface area contributed by atoms with Gasteiger partial charge in [-0.2, -0.15) is 11.8 Å². The van der Waals surface area contributed by atoms with Gasteiger partial charge in [0.2, 0.25) is 6.79 Å². The molecule has 8 rings (SSSR count). The summed E-state index contributed by atoms with van der Waals surface area (Å²) in [5.74, 6) is 1.64. The third-order valence-electron chi connectivity index (χ3n) is 12.3. The van der Waals surface area contributed by atoms with E-state index in [1.807, 2.05) is 27.7 Å². The Morgan fingerprint density at radius 3 is 2.40 bits per heavy atom. The van der Waals surface area contributed by atoms with Crippen LogP contribution in [0.5, 0.6) is 40.2 Å². The summed E-state index contributed by atoms with van der Waals surface area (Å²) in [6.07, 6.45) is -0.269. The summed E-state index contributed by atoms with van der Waals surface area (Å²) in [5, 5.41) is 36.2. The van der Waals surface area contributed by atoms with Crippen molar-refractivity contribution < 1.29 is 53.3 Å². The Balaban J connectivity index is 0.00000244. The average Bonchev–Trinajstić information content (AvgIpc) is 3.67. The SMILES string of the molecule is CC.COc1cc2c(cc1OC(=O)O)CCN[C@]21CSC(C)C2C3c4c(cc(C)c(OC)c4O)CC(CN2C(c2c(C)c(O)c(C)c4c2OCO4)COC1=O)N3C. The Labute approximate surface area is 337 Å². The molecule has 15 heteroatoms. The Morgan fingerprint density at radius 2 is 1.70 bits per heavy atom. The number of fused-ring (bicyclic) bond motifs is 9. The van der Waals surface area contributed by atoms with E-state index in [-0.39, 0.29) is 65.5 Å². The predicted molar refractivity (Wildman–Crippen MR) is 214 cm³/mol. The van der Waals surface area contributed by atoms with Gasteiger partial charge in [0.15, 0.2) is 40.0 Å². The lowest BCUT2D eigenvalue weighted by molar-refractivity contribution is -0.155. The molecule has 0 radical (unpaired) electrons. The number of esters is 1. The standard InChI is InChI=1S/C40H47N3O11S.C2H6/c1-18-10-23-11-24-14-43-26(29-19(2)33(44)20(3)36-37(29)53-17-52-36)15-51-38(46)40(25-13-27(49-6)28(54-39(47)48)12-22(25)8-9-41-40)16-55-21(4)31(43)32(42(24)5)30(23)34(45)35(18)50-7;1-2/h10,12-13,21,24,26,31-32,41,44-45H,8-9,11,14-17H2,1-7H3,(H,47,48);1-2H3/t21?,24?,26?,31?,32?,40-;/m1./s1. The lowest BCUT2D eigenvalue weighted by Crippen LogP contribution is -2.65. The third kappa shape index (κ3) is 6.46. The van der Waals surface area contributed by atoms with Gasteiger partial charge in [0.05, 0.1) is 26.3 Å². The van der Waals surface area contributed by atoms with E-state index in [4.69, 9.17) is 28.4 Å². The number of cyclic esters (lactones) is 1. The number of likely N-dealkylation sites (N-methyl/N-ethyl adjacent to an activating group) is 1. The highest BCUT2D eigenvalue weighted by molar-refractivity contribution is 8.00. The maximum atomic E-state index is 14.8. The van der Waals surface area contributed by atoms with Crippen LogP contribution in [0.4, 0.5) is 4.79 Å². The molecule has 14 nitrogen and oxygen atoms in total. The molecule has 2 fully saturated rings. The predicted octanol–water partition coefficient (Wildman–Crippen LogP) is 5.89. The fourth-order valence-electron chi connectivity index (χ4n) is 9.70. The van der Waals surface area contributed by atoms with Crippen LogP contribution in [-0.2, 0) is 27.9 Å². The number of nitrogens with zero attached hydrogens (tertiary/aromatic N) is 2. The van der Waals surface area contributed by atoms with E-state index in [0.717, 1.165) is 22.3 Å². The largest absolute Gasteiger partial charge is 0.511 e. The fourth-order valence-corrected chi connectivity index (χ4v) is 11.1. The Bertz CT molecular complexity index is 2090. The first-order valence-corrected chi connectivity index (χ1v) is 20.5. The first kappa shape index (κ1) is 40.6. The minimum atomic E-state index is -1.47. The number of rotatable bonds is 4. The number of piperazine rings is 1. The number of aryl methyl sites for hydroxylation is 1. The van der Waals surface area contributed by atoms with E-state index in [0.29, 0.717) is 65.4 Å². The molecule has 5 aliphatic rings. The molecule has 6 atom stereocenters. The number of carbonyl (C=O) groups is 2. The highest BCUT2D eigenvalue weighted by Crippen LogP contribution is 2.55. The number of phenols is 2. The van der Waals surface area contributed by atoms with Crippen LogP contribution in [0, 0.1) is 20.8 Å². The summed E-state index contributed by atoms with van der Waals surface area (Å²) in [6, 6.07) is 4.34. The van der Waals surface area contributed by atoms with Crippen molar-refractivity contribution in [3.05, 3.63) is 62.7 Å². The molecule has 308 valence electrons. The van der Waals surface area contributed by atoms with Gasteiger partial charge in [0.25, 0.3) is 0 Å². The first-order chi connectivity index (χ1) is 27.3. The maximum absolute atomic E-state index is 14.8. The monoisotopic (exact) mass is 807 g/mol. The van der Waals surface area contributed by atoms with Crippen molar-refractivity contribution in [2.75, 3.05) is 53.5 Å². The summed E-state index contributed by atoms with van der Waals surface area (Å²) in [5.41, 5.74) is 4.65. The topological polar surface area (TPSA) is 169 Å². The number of hydrogen-bond acceptors (Lipinski definition) is 14. The summed E-state index contributed by atoms with van der Waals surface area (Å²) in [4.78, 5) is 31.1. The molecule has 0 aliphatic carbocycles. The van der Waals surface area contributed by atoms with E-state index in [1.165, 1.54) is 7.11 Å². The van der Waals surface area contributed by atoms with Gasteiger partial charge in [-0.25, -0.2) is 9.59 Å². The zero-order chi connectivity index (χ0) is 41.1. The minimum Gasteiger partial charge on any atom is -0.507 e. The van der Waals surface area contributed by atoms with Gasteiger partial charge in [-0.15, -0.1) is 0 Å². The van der Waals surface area contributed by atoms with Crippen LogP contribution in [0.2, 0.25) is 0 Å². The zero-order valence-electron chi connectivity index (χ0n) is 34.0. The average molecular weight is 808 g/mol. The van der Waals surface area contributed by atoms with E-state index >= 15 is 0 Å². The van der Waals surface area contributed by atoms with Crippen LogP contribution in [-0.4, -0.2) is 108 Å². The van der Waals surface area contributed by atoms with Crippen molar-refractivity contribution in [1.82, 2.24) is 15.1 Å². The molecular weight excluding hydrogens is 755 g/mol. The molecule has 5 unspecified atom stereocenters. The number of hydrogen-bond donors (Lipinski definition) is 4. The molecular formula is C42H53N3O11S. The molecule has 5 heterocycles. The highest BCUT2D eigenvalue weighted by atomic mass is 32.2. The van der Waals surface area contributed by atoms with Crippen LogP contribution < -0.4 is 29.0 Å². The summed E-state index contributed by atoms with van der Waals surface area (Å²) in [7, 11) is 5.10. The maximum Gasteiger partial charge on any atom is 0.511 e. The summed E-state index contributed by atoms with van der Waals surface area (Å²) in [6.45, 7) is 12.7. The van der Waals surface area contributed by atoms with Gasteiger partial charge < -0.3 is 43.7 Å². The van der Waals surface area contributed by atoms with Crippen LogP contribution in [0.1, 0.15) is 77.4 Å². The summed E-state index contributed by atoms with van der Waals surface area (Å²) >= 11 is 1.62. The number of phenolic OH excluding ortho intramolecular Hbond substituents is 2. The Morgan fingerprint density at radius 1 is 0.965 bits per heavy atom. The number of carboxylic acid groups (broad SMARTS) is 1. The fraction of sp³-hybridized carbons (Fsp3) is 0.524. The van der Waals surface area contributed by atoms with Crippen LogP contribution in [0.3, 0.4) is 0 Å². The molecule has 3 aromatic carbocycles. The van der Waals surface area contributed by atoms with E-state index < -0.39 is 23.7 Å². The molecule has 2 saturated heterocycles. The second-order valence-electron chi connectivity index (χ2n) is 15.1. The molecule has 5 aliphatic heterocycles. The van der Waals surface area contributed by atoms with Gasteiger partial charge in [-0.1, -0.05) is 26.8 Å². The second kappa shape index (κ2) is 15.6. The number of nitrogens with one attached hydrogen (secondary N) is 1. The number of benzene rings is 3. The lowest BCUT2D eigenvalue weighted by Gasteiger charge is -2.58. The second-order valence-corrected chi connectivity index (χ2v) is 16.5. The zero-order valence-corrected chi connectivity index (χ0v) is 34.8. The minimum absolute atomic E-state index is 0.0120. The normalized spacial score (nSPS) is 26.5. The van der Waals surface area contributed by atoms with Crippen LogP contribution in [0.15, 0.2) is 18.2 Å². The van der Waals surface area contributed by atoms with Crippen molar-refractivity contribution in [2.24, 2.45) is 0 Å². The number of thioether (sulfide) groups is 1. The number of carbonyl (C=O) groups excluding carboxylic acids is 1. The van der Waals surface area contributed by atoms with Crippen LogP contribution >= 0.6 is 11.8 Å². The van der Waals surface area contributed by atoms with Crippen molar-refractivity contribution in [3.63, 3.8) is 0 Å². The quantitative estimate of drug-likeness (QED) is 0.182. The van der Waals surface area contributed by atoms with Crippen molar-refractivity contribution >= 4 is 23.9 Å². The first-order valence-electron chi connectivity index (χ1n) is 19.5. The molecule has 4 N–H and O–H groups in total. The lowest BCUT2D eigenvalue weighted by atomic mass is 9.77. The molecule has 57 heavy (non-hydrogen) atoms. The van der Waals surface area contributed by atoms with Crippen molar-refractivity contribution in [3.8, 4) is 40.2 Å². The Kier molecular flexibility index (Phi) is 11.2. The van der Waals surface area contributed by atoms with Gasteiger partial charge in [-0.05, 0) is 80.6 Å². The van der Waals surface area contributed by atoms with Crippen molar-refractivity contribution in [1.29, 1.82) is 0 Å². The number of aromatic hydroxyl groups is 2. The summed E-state index contributed by atoms with van der Waals surface area (Å²) < 4.78 is 35.0. The van der Waals surface area contributed by atoms with Gasteiger partial charge >= 0.3 is 12.1 Å². The van der Waals surface area contributed by atoms with Gasteiger partial charge in [-0.3, -0.25) is 15.1 Å².